The predicted molar refractivity (Wildman–Crippen MR) is 103 cm³/mol. The second-order valence-electron chi connectivity index (χ2n) is 7.32. The van der Waals surface area contributed by atoms with E-state index in [1.165, 1.54) is 16.7 Å². The number of nitrogens with one attached hydrogen (secondary N) is 2. The lowest BCUT2D eigenvalue weighted by Gasteiger charge is -2.25. The second kappa shape index (κ2) is 7.62. The van der Waals surface area contributed by atoms with Crippen LogP contribution in [0.2, 0.25) is 0 Å². The first kappa shape index (κ1) is 17.9. The van der Waals surface area contributed by atoms with Crippen LogP contribution in [0.1, 0.15) is 57.5 Å². The number of Topliss-reactive ketones (excluding diaryl/α,β-unsaturated/α-hetero) is 1. The van der Waals surface area contributed by atoms with E-state index in [0.717, 1.165) is 37.1 Å². The highest BCUT2D eigenvalue weighted by Gasteiger charge is 2.32. The molecule has 0 saturated carbocycles. The minimum absolute atomic E-state index is 0.0163. The zero-order valence-electron chi connectivity index (χ0n) is 15.2. The monoisotopic (exact) mass is 364 g/mol. The van der Waals surface area contributed by atoms with Crippen molar-refractivity contribution in [1.29, 1.82) is 0 Å². The molecule has 2 aromatic rings. The van der Waals surface area contributed by atoms with Gasteiger partial charge in [-0.25, -0.2) is 0 Å². The van der Waals surface area contributed by atoms with Gasteiger partial charge in [-0.2, -0.15) is 0 Å². The SMILES string of the molecule is O=C(O)CC1NCCc2ccccc21.O=C1CC2NCCc3cccc1c32. The zero-order chi connectivity index (χ0) is 18.8. The molecule has 0 aromatic heterocycles. The number of aliphatic carboxylic acids is 1. The zero-order valence-corrected chi connectivity index (χ0v) is 15.2. The molecular weight excluding hydrogens is 340 g/mol. The number of hydrogen-bond acceptors (Lipinski definition) is 4. The molecule has 2 unspecified atom stereocenters. The van der Waals surface area contributed by atoms with E-state index < -0.39 is 5.97 Å². The number of rotatable bonds is 2. The van der Waals surface area contributed by atoms with Gasteiger partial charge in [-0.3, -0.25) is 9.59 Å². The molecule has 0 fully saturated rings. The van der Waals surface area contributed by atoms with Gasteiger partial charge in [0.05, 0.1) is 6.42 Å². The van der Waals surface area contributed by atoms with Crippen molar-refractivity contribution in [3.05, 3.63) is 70.3 Å². The Bertz CT molecular complexity index is 878. The summed E-state index contributed by atoms with van der Waals surface area (Å²) >= 11 is 0. The van der Waals surface area contributed by atoms with Crippen molar-refractivity contribution in [1.82, 2.24) is 10.6 Å². The van der Waals surface area contributed by atoms with Crippen LogP contribution in [0, 0.1) is 0 Å². The Morgan fingerprint density at radius 2 is 1.74 bits per heavy atom. The Morgan fingerprint density at radius 1 is 1.00 bits per heavy atom. The fourth-order valence-electron chi connectivity index (χ4n) is 4.39. The van der Waals surface area contributed by atoms with E-state index >= 15 is 0 Å². The fraction of sp³-hybridized carbons (Fsp3) is 0.364. The summed E-state index contributed by atoms with van der Waals surface area (Å²) in [5, 5.41) is 15.4. The summed E-state index contributed by atoms with van der Waals surface area (Å²) in [5.41, 5.74) is 6.01. The van der Waals surface area contributed by atoms with E-state index in [4.69, 9.17) is 5.11 Å². The minimum atomic E-state index is -0.751. The van der Waals surface area contributed by atoms with Crippen LogP contribution in [0.5, 0.6) is 0 Å². The first-order valence-corrected chi connectivity index (χ1v) is 9.55. The Labute approximate surface area is 158 Å². The summed E-state index contributed by atoms with van der Waals surface area (Å²) in [7, 11) is 0. The van der Waals surface area contributed by atoms with Gasteiger partial charge in [0.2, 0.25) is 0 Å². The van der Waals surface area contributed by atoms with Gasteiger partial charge >= 0.3 is 5.97 Å². The lowest BCUT2D eigenvalue weighted by atomic mass is 9.93. The van der Waals surface area contributed by atoms with Crippen molar-refractivity contribution in [3.8, 4) is 0 Å². The molecule has 3 aliphatic rings. The number of carbonyl (C=O) groups excluding carboxylic acids is 1. The molecule has 0 bridgehead atoms. The number of fused-ring (bicyclic) bond motifs is 1. The highest BCUT2D eigenvalue weighted by atomic mass is 16.4. The maximum atomic E-state index is 11.6. The molecule has 1 aliphatic carbocycles. The highest BCUT2D eigenvalue weighted by Crippen LogP contribution is 2.35. The number of carboxylic acids is 1. The van der Waals surface area contributed by atoms with Crippen LogP contribution in [0.25, 0.3) is 0 Å². The maximum Gasteiger partial charge on any atom is 0.305 e. The molecule has 5 rings (SSSR count). The molecule has 2 aliphatic heterocycles. The van der Waals surface area contributed by atoms with Crippen molar-refractivity contribution in [2.45, 2.75) is 37.8 Å². The molecule has 0 amide bonds. The topological polar surface area (TPSA) is 78.4 Å². The summed E-state index contributed by atoms with van der Waals surface area (Å²) in [6, 6.07) is 14.4. The van der Waals surface area contributed by atoms with Crippen LogP contribution in [0.3, 0.4) is 0 Å². The van der Waals surface area contributed by atoms with Crippen molar-refractivity contribution >= 4 is 11.8 Å². The highest BCUT2D eigenvalue weighted by molar-refractivity contribution is 6.01. The number of carboxylic acid groups (broad SMARTS) is 1. The first-order valence-electron chi connectivity index (χ1n) is 9.55. The molecule has 0 radical (unpaired) electrons. The van der Waals surface area contributed by atoms with Gasteiger partial charge in [-0.1, -0.05) is 42.5 Å². The first-order chi connectivity index (χ1) is 13.1. The van der Waals surface area contributed by atoms with Crippen LogP contribution in [-0.4, -0.2) is 29.9 Å². The molecule has 0 saturated heterocycles. The Kier molecular flexibility index (Phi) is 5.05. The maximum absolute atomic E-state index is 11.6. The van der Waals surface area contributed by atoms with E-state index in [1.54, 1.807) is 0 Å². The second-order valence-corrected chi connectivity index (χ2v) is 7.32. The van der Waals surface area contributed by atoms with E-state index in [9.17, 15) is 9.59 Å². The quantitative estimate of drug-likeness (QED) is 0.764. The van der Waals surface area contributed by atoms with Crippen molar-refractivity contribution in [2.24, 2.45) is 0 Å². The van der Waals surface area contributed by atoms with Gasteiger partial charge in [0.1, 0.15) is 0 Å². The average Bonchev–Trinajstić information content (AvgIpc) is 3.00. The molecule has 2 atom stereocenters. The van der Waals surface area contributed by atoms with Crippen LogP contribution >= 0.6 is 0 Å². The molecule has 0 spiro atoms. The minimum Gasteiger partial charge on any atom is -0.481 e. The Hall–Kier alpha value is -2.50. The normalized spacial score (nSPS) is 22.3. The summed E-state index contributed by atoms with van der Waals surface area (Å²) in [6.45, 7) is 1.88. The third-order valence-electron chi connectivity index (χ3n) is 5.61. The average molecular weight is 364 g/mol. The number of carbonyl (C=O) groups is 2. The van der Waals surface area contributed by atoms with Crippen LogP contribution in [0.15, 0.2) is 42.5 Å². The van der Waals surface area contributed by atoms with E-state index in [-0.39, 0.29) is 12.5 Å². The molecular formula is C22H24N2O3. The summed E-state index contributed by atoms with van der Waals surface area (Å²) < 4.78 is 0. The third-order valence-corrected chi connectivity index (χ3v) is 5.61. The lowest BCUT2D eigenvalue weighted by Crippen LogP contribution is -2.31. The number of hydrogen-bond donors (Lipinski definition) is 3. The molecule has 5 heteroatoms. The Morgan fingerprint density at radius 3 is 2.59 bits per heavy atom. The van der Waals surface area contributed by atoms with Gasteiger partial charge in [-0.05, 0) is 48.2 Å². The summed E-state index contributed by atoms with van der Waals surface area (Å²) in [4.78, 5) is 22.2. The molecule has 3 N–H and O–H groups in total. The lowest BCUT2D eigenvalue weighted by molar-refractivity contribution is -0.137. The predicted octanol–water partition coefficient (Wildman–Crippen LogP) is 2.81. The number of ketones is 1. The van der Waals surface area contributed by atoms with E-state index in [0.29, 0.717) is 18.2 Å². The molecule has 2 aromatic carbocycles. The molecule has 2 heterocycles. The molecule has 140 valence electrons. The third kappa shape index (κ3) is 3.66. The smallest absolute Gasteiger partial charge is 0.305 e. The Balaban J connectivity index is 0.000000134. The summed E-state index contributed by atoms with van der Waals surface area (Å²) in [5.74, 6) is -0.449. The summed E-state index contributed by atoms with van der Waals surface area (Å²) in [6.07, 6.45) is 2.88. The molecule has 27 heavy (non-hydrogen) atoms. The van der Waals surface area contributed by atoms with Gasteiger partial charge in [0.15, 0.2) is 5.78 Å². The van der Waals surface area contributed by atoms with Crippen LogP contribution < -0.4 is 10.6 Å². The molecule has 5 nitrogen and oxygen atoms in total. The van der Waals surface area contributed by atoms with Gasteiger partial charge < -0.3 is 15.7 Å². The van der Waals surface area contributed by atoms with Crippen LogP contribution in [-0.2, 0) is 17.6 Å². The van der Waals surface area contributed by atoms with E-state index in [1.807, 2.05) is 30.3 Å². The van der Waals surface area contributed by atoms with Gasteiger partial charge in [0, 0.05) is 24.1 Å². The van der Waals surface area contributed by atoms with Crippen molar-refractivity contribution < 1.29 is 14.7 Å². The standard InChI is InChI=1S/C11H13NO2.C11H11NO/c13-11(14)7-10-9-4-2-1-3-8(9)5-6-12-10;13-10-6-9-11-7(4-5-12-9)2-1-3-8(10)11/h1-4,10,12H,5-7H2,(H,13,14);1-3,9,12H,4-6H2. The van der Waals surface area contributed by atoms with Crippen molar-refractivity contribution in [2.75, 3.05) is 13.1 Å². The van der Waals surface area contributed by atoms with E-state index in [2.05, 4.69) is 22.8 Å². The van der Waals surface area contributed by atoms with Gasteiger partial charge in [-0.15, -0.1) is 0 Å². The fourth-order valence-corrected chi connectivity index (χ4v) is 4.39. The van der Waals surface area contributed by atoms with Crippen LogP contribution in [0.4, 0.5) is 0 Å². The van der Waals surface area contributed by atoms with Crippen molar-refractivity contribution in [3.63, 3.8) is 0 Å². The largest absolute Gasteiger partial charge is 0.481 e. The number of benzene rings is 2. The van der Waals surface area contributed by atoms with Gasteiger partial charge in [0.25, 0.3) is 0 Å².